The number of aliphatic hydroxyl groups excluding tert-OH is 1. The molecule has 2 N–H and O–H groups in total. The van der Waals surface area contributed by atoms with Gasteiger partial charge in [0.2, 0.25) is 15.9 Å². The molecule has 2 aromatic carbocycles. The fourth-order valence-corrected chi connectivity index (χ4v) is 6.75. The molecule has 0 bridgehead atoms. The molecule has 1 fully saturated rings. The van der Waals surface area contributed by atoms with Gasteiger partial charge >= 0.3 is 0 Å². The highest BCUT2D eigenvalue weighted by molar-refractivity contribution is 8.02. The Morgan fingerprint density at radius 3 is 2.50 bits per heavy atom. The Kier molecular flexibility index (Phi) is 7.00. The molecule has 4 rings (SSSR count). The van der Waals surface area contributed by atoms with E-state index in [0.717, 1.165) is 16.7 Å². The third kappa shape index (κ3) is 4.75. The van der Waals surface area contributed by atoms with Crippen LogP contribution in [-0.4, -0.2) is 48.0 Å². The van der Waals surface area contributed by atoms with Gasteiger partial charge in [0, 0.05) is 24.5 Å². The topological polar surface area (TPSA) is 99.8 Å². The fourth-order valence-electron chi connectivity index (χ4n) is 3.66. The number of hydrogen-bond acceptors (Lipinski definition) is 6. The Morgan fingerprint density at radius 2 is 1.84 bits per heavy atom. The van der Waals surface area contributed by atoms with E-state index < -0.39 is 27.3 Å². The maximum absolute atomic E-state index is 13.3. The van der Waals surface area contributed by atoms with Crippen molar-refractivity contribution >= 4 is 27.7 Å². The van der Waals surface area contributed by atoms with Gasteiger partial charge in [-0.2, -0.15) is 4.31 Å². The minimum atomic E-state index is -3.85. The van der Waals surface area contributed by atoms with Gasteiger partial charge in [0.1, 0.15) is 5.37 Å². The normalized spacial score (nSPS) is 17.8. The van der Waals surface area contributed by atoms with E-state index in [0.29, 0.717) is 12.2 Å². The Morgan fingerprint density at radius 1 is 1.12 bits per heavy atom. The molecule has 168 valence electrons. The molecule has 2 heterocycles. The SMILES string of the molecule is O=C(NC(CCO)c1ccoc1)C1SCCN1S(=O)(=O)c1ccc(-c2ccccc2)cc1. The van der Waals surface area contributed by atoms with Crippen LogP contribution in [0.1, 0.15) is 18.0 Å². The highest BCUT2D eigenvalue weighted by Crippen LogP contribution is 2.32. The van der Waals surface area contributed by atoms with E-state index in [1.54, 1.807) is 30.3 Å². The first-order valence-electron chi connectivity index (χ1n) is 10.2. The van der Waals surface area contributed by atoms with E-state index in [1.165, 1.54) is 28.6 Å². The summed E-state index contributed by atoms with van der Waals surface area (Å²) < 4.78 is 33.0. The quantitative estimate of drug-likeness (QED) is 0.522. The summed E-state index contributed by atoms with van der Waals surface area (Å²) in [4.78, 5) is 13.2. The zero-order chi connectivity index (χ0) is 22.6. The van der Waals surface area contributed by atoms with Crippen molar-refractivity contribution in [3.8, 4) is 11.1 Å². The van der Waals surface area contributed by atoms with Crippen molar-refractivity contribution in [3.63, 3.8) is 0 Å². The van der Waals surface area contributed by atoms with E-state index in [4.69, 9.17) is 4.42 Å². The summed E-state index contributed by atoms with van der Waals surface area (Å²) >= 11 is 1.29. The Hall–Kier alpha value is -2.59. The van der Waals surface area contributed by atoms with Crippen molar-refractivity contribution < 1.29 is 22.7 Å². The molecule has 0 aliphatic carbocycles. The zero-order valence-electron chi connectivity index (χ0n) is 17.3. The summed E-state index contributed by atoms with van der Waals surface area (Å²) in [5, 5.41) is 11.3. The molecule has 2 atom stereocenters. The molecule has 1 aliphatic heterocycles. The third-order valence-electron chi connectivity index (χ3n) is 5.32. The Labute approximate surface area is 191 Å². The van der Waals surface area contributed by atoms with Crippen molar-refractivity contribution in [1.82, 2.24) is 9.62 Å². The molecule has 1 amide bonds. The lowest BCUT2D eigenvalue weighted by molar-refractivity contribution is -0.123. The van der Waals surface area contributed by atoms with Crippen LogP contribution in [0.25, 0.3) is 11.1 Å². The maximum atomic E-state index is 13.3. The number of furan rings is 1. The largest absolute Gasteiger partial charge is 0.472 e. The van der Waals surface area contributed by atoms with Crippen molar-refractivity contribution in [2.24, 2.45) is 0 Å². The monoisotopic (exact) mass is 472 g/mol. The highest BCUT2D eigenvalue weighted by atomic mass is 32.2. The Bertz CT molecular complexity index is 1130. The van der Waals surface area contributed by atoms with Gasteiger partial charge in [0.05, 0.1) is 23.5 Å². The first kappa shape index (κ1) is 22.6. The first-order chi connectivity index (χ1) is 15.5. The number of benzene rings is 2. The maximum Gasteiger partial charge on any atom is 0.249 e. The van der Waals surface area contributed by atoms with Crippen LogP contribution < -0.4 is 5.32 Å². The number of rotatable bonds is 8. The second kappa shape index (κ2) is 9.91. The number of carbonyl (C=O) groups is 1. The number of amides is 1. The van der Waals surface area contributed by atoms with Gasteiger partial charge in [0.15, 0.2) is 0 Å². The lowest BCUT2D eigenvalue weighted by Gasteiger charge is -2.25. The van der Waals surface area contributed by atoms with Crippen LogP contribution in [0.5, 0.6) is 0 Å². The molecule has 2 unspecified atom stereocenters. The second-order valence-electron chi connectivity index (χ2n) is 7.36. The highest BCUT2D eigenvalue weighted by Gasteiger charge is 2.40. The average molecular weight is 473 g/mol. The summed E-state index contributed by atoms with van der Waals surface area (Å²) in [6, 6.07) is 17.7. The Balaban J connectivity index is 1.52. The van der Waals surface area contributed by atoms with Crippen LogP contribution in [0.15, 0.2) is 82.5 Å². The van der Waals surface area contributed by atoms with Gasteiger partial charge in [-0.3, -0.25) is 4.79 Å². The van der Waals surface area contributed by atoms with E-state index in [2.05, 4.69) is 5.32 Å². The minimum absolute atomic E-state index is 0.121. The summed E-state index contributed by atoms with van der Waals surface area (Å²) in [5.41, 5.74) is 2.64. The summed E-state index contributed by atoms with van der Waals surface area (Å²) in [7, 11) is -3.85. The van der Waals surface area contributed by atoms with Gasteiger partial charge in [-0.15, -0.1) is 11.8 Å². The molecule has 1 aromatic heterocycles. The van der Waals surface area contributed by atoms with Crippen LogP contribution in [0.3, 0.4) is 0 Å². The van der Waals surface area contributed by atoms with Gasteiger partial charge in [-0.1, -0.05) is 42.5 Å². The van der Waals surface area contributed by atoms with Crippen LogP contribution in [0.4, 0.5) is 0 Å². The van der Waals surface area contributed by atoms with Crippen LogP contribution in [0, 0.1) is 0 Å². The number of carbonyl (C=O) groups excluding carboxylic acids is 1. The van der Waals surface area contributed by atoms with Gasteiger partial charge in [-0.05, 0) is 35.7 Å². The molecule has 9 heteroatoms. The van der Waals surface area contributed by atoms with Crippen molar-refractivity contribution in [3.05, 3.63) is 78.8 Å². The van der Waals surface area contributed by atoms with Gasteiger partial charge in [0.25, 0.3) is 0 Å². The third-order valence-corrected chi connectivity index (χ3v) is 8.54. The standard InChI is InChI=1S/C23H24N2O5S2/c26-13-10-21(19-11-14-30-16-19)24-22(27)23-25(12-15-31-23)32(28,29)20-8-6-18(7-9-20)17-4-2-1-3-5-17/h1-9,11,14,16,21,23,26H,10,12-13,15H2,(H,24,27). The summed E-state index contributed by atoms with van der Waals surface area (Å²) in [5.74, 6) is 0.118. The molecular formula is C23H24N2O5S2. The van der Waals surface area contributed by atoms with Crippen molar-refractivity contribution in [2.75, 3.05) is 18.9 Å². The predicted molar refractivity (Wildman–Crippen MR) is 123 cm³/mol. The number of nitrogens with one attached hydrogen (secondary N) is 1. The number of thioether (sulfide) groups is 1. The van der Waals surface area contributed by atoms with Crippen LogP contribution in [-0.2, 0) is 14.8 Å². The minimum Gasteiger partial charge on any atom is -0.472 e. The number of nitrogens with zero attached hydrogens (tertiary/aromatic N) is 1. The fraction of sp³-hybridized carbons (Fsp3) is 0.261. The number of sulfonamides is 1. The van der Waals surface area contributed by atoms with E-state index >= 15 is 0 Å². The predicted octanol–water partition coefficient (Wildman–Crippen LogP) is 3.25. The van der Waals surface area contributed by atoms with Gasteiger partial charge < -0.3 is 14.8 Å². The van der Waals surface area contributed by atoms with Gasteiger partial charge in [-0.25, -0.2) is 8.42 Å². The van der Waals surface area contributed by atoms with Crippen molar-refractivity contribution in [2.45, 2.75) is 22.7 Å². The molecule has 0 saturated carbocycles. The molecule has 1 saturated heterocycles. The van der Waals surface area contributed by atoms with E-state index in [1.807, 2.05) is 30.3 Å². The van der Waals surface area contributed by atoms with E-state index in [-0.39, 0.29) is 18.0 Å². The molecule has 7 nitrogen and oxygen atoms in total. The molecule has 0 spiro atoms. The number of hydrogen-bond donors (Lipinski definition) is 2. The average Bonchev–Trinajstić information content (AvgIpc) is 3.52. The second-order valence-corrected chi connectivity index (χ2v) is 10.4. The lowest BCUT2D eigenvalue weighted by atomic mass is 10.1. The first-order valence-corrected chi connectivity index (χ1v) is 12.7. The molecule has 3 aromatic rings. The van der Waals surface area contributed by atoms with Crippen LogP contribution in [0.2, 0.25) is 0 Å². The molecule has 0 radical (unpaired) electrons. The smallest absolute Gasteiger partial charge is 0.249 e. The van der Waals surface area contributed by atoms with E-state index in [9.17, 15) is 18.3 Å². The van der Waals surface area contributed by atoms with Crippen molar-refractivity contribution in [1.29, 1.82) is 0 Å². The zero-order valence-corrected chi connectivity index (χ0v) is 18.9. The molecular weight excluding hydrogens is 448 g/mol. The molecule has 32 heavy (non-hydrogen) atoms. The summed E-state index contributed by atoms with van der Waals surface area (Å²) in [6.45, 7) is 0.131. The van der Waals surface area contributed by atoms with Crippen LogP contribution >= 0.6 is 11.8 Å². The molecule has 1 aliphatic rings. The summed E-state index contributed by atoms with van der Waals surface area (Å²) in [6.07, 6.45) is 3.30. The lowest BCUT2D eigenvalue weighted by Crippen LogP contribution is -2.45. The number of aliphatic hydroxyl groups is 1.